The molecule has 7 atom stereocenters. The minimum Gasteiger partial charge on any atom is -0.490 e. The molecule has 0 aromatic heterocycles. The SMILES string of the molecule is C[C@@H]1CCN(C[C@@]2(O)CCC[C@H](C)[C@@H](C)S(=O)(=O)NC(=O)c3ccc4c(c3)N(C[C@@H]3CC[C@H]32)C[C@@]2(CCCc3cc(Cl)ccc32)CO4)C1. The number of hydrogen-bond donors (Lipinski definition) is 2. The number of carbonyl (C=O) groups is 1. The van der Waals surface area contributed by atoms with Crippen LogP contribution < -0.4 is 14.4 Å². The van der Waals surface area contributed by atoms with Crippen LogP contribution in [-0.4, -0.2) is 74.5 Å². The largest absolute Gasteiger partial charge is 0.490 e. The summed E-state index contributed by atoms with van der Waals surface area (Å²) in [6.07, 6.45) is 8.21. The lowest BCUT2D eigenvalue weighted by molar-refractivity contribution is -0.103. The number of nitrogens with one attached hydrogen (secondary N) is 1. The lowest BCUT2D eigenvalue weighted by Gasteiger charge is -2.51. The third-order valence-corrected chi connectivity index (χ3v) is 14.8. The number of β-amino-alcohol motifs (C(OH)–C–C–N with tert-alkyl or cyclic N) is 1. The Bertz CT molecular complexity index is 1650. The van der Waals surface area contributed by atoms with E-state index in [-0.39, 0.29) is 23.2 Å². The Kier molecular flexibility index (Phi) is 9.31. The van der Waals surface area contributed by atoms with Crippen molar-refractivity contribution in [3.05, 3.63) is 58.1 Å². The minimum atomic E-state index is -3.92. The monoisotopic (exact) mass is 697 g/mol. The second-order valence-electron chi connectivity index (χ2n) is 16.0. The molecule has 2 aromatic carbocycles. The van der Waals surface area contributed by atoms with Crippen molar-refractivity contribution < 1.29 is 23.1 Å². The van der Waals surface area contributed by atoms with Crippen LogP contribution in [-0.2, 0) is 21.9 Å². The molecule has 2 aliphatic carbocycles. The molecule has 1 spiro atoms. The van der Waals surface area contributed by atoms with Gasteiger partial charge < -0.3 is 19.6 Å². The van der Waals surface area contributed by atoms with E-state index in [1.807, 2.05) is 25.1 Å². The summed E-state index contributed by atoms with van der Waals surface area (Å²) in [6, 6.07) is 11.6. The van der Waals surface area contributed by atoms with Gasteiger partial charge in [0.25, 0.3) is 5.91 Å². The Morgan fingerprint density at radius 3 is 2.60 bits per heavy atom. The molecule has 2 N–H and O–H groups in total. The number of amides is 1. The first kappa shape index (κ1) is 34.1. The maximum absolute atomic E-state index is 13.5. The Labute approximate surface area is 291 Å². The molecular formula is C38H52ClN3O5S. The first-order chi connectivity index (χ1) is 22.9. The van der Waals surface area contributed by atoms with Gasteiger partial charge in [-0.05, 0) is 130 Å². The van der Waals surface area contributed by atoms with E-state index in [0.29, 0.717) is 49.8 Å². The van der Waals surface area contributed by atoms with E-state index in [4.69, 9.17) is 16.3 Å². The van der Waals surface area contributed by atoms with E-state index in [2.05, 4.69) is 33.6 Å². The van der Waals surface area contributed by atoms with Gasteiger partial charge in [-0.15, -0.1) is 0 Å². The molecule has 48 heavy (non-hydrogen) atoms. The molecule has 2 aromatic rings. The number of benzene rings is 2. The Balaban J connectivity index is 1.29. The zero-order valence-corrected chi connectivity index (χ0v) is 30.3. The average molecular weight is 698 g/mol. The summed E-state index contributed by atoms with van der Waals surface area (Å²) < 4.78 is 36.0. The van der Waals surface area contributed by atoms with Crippen LogP contribution in [0.3, 0.4) is 0 Å². The molecule has 5 aliphatic rings. The quantitative estimate of drug-likeness (QED) is 0.387. The number of aryl methyl sites for hydroxylation is 1. The van der Waals surface area contributed by atoms with Gasteiger partial charge in [-0.3, -0.25) is 4.79 Å². The van der Waals surface area contributed by atoms with Gasteiger partial charge in [0.15, 0.2) is 0 Å². The summed E-state index contributed by atoms with van der Waals surface area (Å²) in [7, 11) is -3.92. The Morgan fingerprint density at radius 1 is 1.02 bits per heavy atom. The molecule has 10 heteroatoms. The second-order valence-corrected chi connectivity index (χ2v) is 18.5. The number of sulfonamides is 1. The van der Waals surface area contributed by atoms with E-state index in [9.17, 15) is 18.3 Å². The fraction of sp³-hybridized carbons (Fsp3) is 0.658. The molecule has 0 radical (unpaired) electrons. The highest BCUT2D eigenvalue weighted by Gasteiger charge is 2.49. The first-order valence-corrected chi connectivity index (χ1v) is 20.1. The highest BCUT2D eigenvalue weighted by molar-refractivity contribution is 7.90. The predicted octanol–water partition coefficient (Wildman–Crippen LogP) is 6.18. The molecule has 3 aliphatic heterocycles. The van der Waals surface area contributed by atoms with Crippen molar-refractivity contribution in [2.75, 3.05) is 44.2 Å². The van der Waals surface area contributed by atoms with Gasteiger partial charge in [-0.25, -0.2) is 13.1 Å². The number of fused-ring (bicyclic) bond motifs is 4. The van der Waals surface area contributed by atoms with Gasteiger partial charge in [-0.2, -0.15) is 0 Å². The summed E-state index contributed by atoms with van der Waals surface area (Å²) in [5, 5.41) is 12.6. The number of halogens is 1. The lowest BCUT2D eigenvalue weighted by Crippen LogP contribution is -2.56. The van der Waals surface area contributed by atoms with Crippen molar-refractivity contribution in [2.45, 2.75) is 94.8 Å². The predicted molar refractivity (Wildman–Crippen MR) is 190 cm³/mol. The van der Waals surface area contributed by atoms with Crippen LogP contribution in [0, 0.1) is 23.7 Å². The summed E-state index contributed by atoms with van der Waals surface area (Å²) in [5.74, 6) is 0.977. The van der Waals surface area contributed by atoms with Gasteiger partial charge >= 0.3 is 0 Å². The van der Waals surface area contributed by atoms with Crippen molar-refractivity contribution in [1.82, 2.24) is 9.62 Å². The molecule has 2 bridgehead atoms. The van der Waals surface area contributed by atoms with Crippen LogP contribution in [0.1, 0.15) is 93.6 Å². The second kappa shape index (κ2) is 13.1. The van der Waals surface area contributed by atoms with Crippen molar-refractivity contribution in [2.24, 2.45) is 23.7 Å². The molecule has 7 rings (SSSR count). The van der Waals surface area contributed by atoms with Gasteiger partial charge in [0, 0.05) is 42.2 Å². The van der Waals surface area contributed by atoms with Crippen LogP contribution in [0.2, 0.25) is 5.02 Å². The average Bonchev–Trinajstić information content (AvgIpc) is 3.36. The van der Waals surface area contributed by atoms with Crippen LogP contribution >= 0.6 is 11.6 Å². The summed E-state index contributed by atoms with van der Waals surface area (Å²) in [5.41, 5.74) is 2.54. The number of hydrogen-bond acceptors (Lipinski definition) is 7. The standard InChI is InChI=1S/C38H52ClN3O5S/c1-25-14-17-41(20-25)23-38(44)16-4-6-26(2)27(3)48(45,46)40-36(43)29-9-13-35-34(19-29)42(21-30-8-11-33(30)38)22-37(24-47-35)15-5-7-28-18-31(39)10-12-32(28)37/h9-10,12-13,18-19,25-27,30,33,44H,4-8,11,14-17,20-24H2,1-3H3,(H,40,43)/t25-,26+,27-,30+,33-,37+,38+/m1/s1. The Hall–Kier alpha value is -2.33. The minimum absolute atomic E-state index is 0.144. The van der Waals surface area contributed by atoms with Gasteiger partial charge in [0.1, 0.15) is 5.75 Å². The number of ether oxygens (including phenoxy) is 1. The van der Waals surface area contributed by atoms with E-state index in [1.54, 1.807) is 13.0 Å². The summed E-state index contributed by atoms with van der Waals surface area (Å²) in [6.45, 7) is 10.6. The molecule has 262 valence electrons. The number of nitrogens with zero attached hydrogens (tertiary/aromatic N) is 2. The zero-order valence-electron chi connectivity index (χ0n) is 28.7. The van der Waals surface area contributed by atoms with Crippen molar-refractivity contribution >= 4 is 33.2 Å². The van der Waals surface area contributed by atoms with E-state index >= 15 is 0 Å². The number of anilines is 1. The van der Waals surface area contributed by atoms with Crippen molar-refractivity contribution in [3.8, 4) is 5.75 Å². The van der Waals surface area contributed by atoms with E-state index in [1.165, 1.54) is 11.1 Å². The Morgan fingerprint density at radius 2 is 1.85 bits per heavy atom. The molecule has 3 heterocycles. The third-order valence-electron chi connectivity index (χ3n) is 12.7. The molecule has 8 nitrogen and oxygen atoms in total. The normalized spacial score (nSPS) is 35.5. The number of carbonyl (C=O) groups excluding carboxylic acids is 1. The van der Waals surface area contributed by atoms with Crippen LogP contribution in [0.5, 0.6) is 5.75 Å². The summed E-state index contributed by atoms with van der Waals surface area (Å²) >= 11 is 6.46. The molecule has 2 fully saturated rings. The molecule has 0 unspecified atom stereocenters. The topological polar surface area (TPSA) is 99.2 Å². The molecule has 1 saturated carbocycles. The zero-order chi connectivity index (χ0) is 33.8. The van der Waals surface area contributed by atoms with Crippen LogP contribution in [0.15, 0.2) is 36.4 Å². The number of likely N-dealkylation sites (tertiary alicyclic amines) is 1. The molecule has 1 saturated heterocycles. The van der Waals surface area contributed by atoms with E-state index < -0.39 is 26.8 Å². The lowest BCUT2D eigenvalue weighted by atomic mass is 9.62. The highest BCUT2D eigenvalue weighted by atomic mass is 35.5. The fourth-order valence-electron chi connectivity index (χ4n) is 9.52. The van der Waals surface area contributed by atoms with Crippen LogP contribution in [0.4, 0.5) is 5.69 Å². The summed E-state index contributed by atoms with van der Waals surface area (Å²) in [4.78, 5) is 18.4. The number of aliphatic hydroxyl groups is 1. The first-order valence-electron chi connectivity index (χ1n) is 18.2. The van der Waals surface area contributed by atoms with Gasteiger partial charge in [0.05, 0.1) is 23.1 Å². The van der Waals surface area contributed by atoms with Gasteiger partial charge in [0.2, 0.25) is 10.0 Å². The molecular weight excluding hydrogens is 646 g/mol. The molecule has 1 amide bonds. The fourth-order valence-corrected chi connectivity index (χ4v) is 11.0. The van der Waals surface area contributed by atoms with E-state index in [0.717, 1.165) is 75.3 Å². The van der Waals surface area contributed by atoms with Crippen molar-refractivity contribution in [1.29, 1.82) is 0 Å². The number of rotatable bonds is 2. The maximum atomic E-state index is 13.5. The van der Waals surface area contributed by atoms with Crippen molar-refractivity contribution in [3.63, 3.8) is 0 Å². The van der Waals surface area contributed by atoms with Crippen LogP contribution in [0.25, 0.3) is 0 Å². The maximum Gasteiger partial charge on any atom is 0.264 e. The smallest absolute Gasteiger partial charge is 0.264 e. The third kappa shape index (κ3) is 6.49. The highest BCUT2D eigenvalue weighted by Crippen LogP contribution is 2.49. The van der Waals surface area contributed by atoms with Gasteiger partial charge in [-0.1, -0.05) is 37.9 Å².